The van der Waals surface area contributed by atoms with E-state index in [4.69, 9.17) is 0 Å². The smallest absolute Gasteiger partial charge is 0.311 e. The van der Waals surface area contributed by atoms with Crippen LogP contribution in [0, 0.1) is 19.7 Å². The average Bonchev–Trinajstić information content (AvgIpc) is 2.85. The van der Waals surface area contributed by atoms with Gasteiger partial charge >= 0.3 is 6.03 Å². The zero-order valence-electron chi connectivity index (χ0n) is 22.7. The molecule has 2 amide bonds. The highest BCUT2D eigenvalue weighted by molar-refractivity contribution is 5.71. The first-order valence-corrected chi connectivity index (χ1v) is 11.6. The van der Waals surface area contributed by atoms with Gasteiger partial charge in [-0.1, -0.05) is 48.6 Å². The standard InChI is InChI=1S/C24H29FN2.C3H7N.C2H6N2O/c1-18(2)24(13-10-21-7-6-19(3)20(4)16-21)26-14-15-27(5)17-22-8-11-23(25)12-9-22;1-3-4-2;1-4-2(3)5/h6-16,26H,17H2,1-5H3;3-4H,1H2,2H3;1H3,(H3,3,4,5)/b13-10+,15-14+;;. The Balaban J connectivity index is 0.00000117. The van der Waals surface area contributed by atoms with Crippen molar-refractivity contribution in [3.05, 3.63) is 113 Å². The van der Waals surface area contributed by atoms with E-state index in [9.17, 15) is 9.18 Å². The molecule has 0 radical (unpaired) electrons. The number of aryl methyl sites for hydroxylation is 2. The van der Waals surface area contributed by atoms with Crippen LogP contribution >= 0.6 is 0 Å². The van der Waals surface area contributed by atoms with E-state index in [2.05, 4.69) is 91.2 Å². The Morgan fingerprint density at radius 3 is 2.14 bits per heavy atom. The van der Waals surface area contributed by atoms with Gasteiger partial charge in [0.25, 0.3) is 0 Å². The molecule has 0 saturated heterocycles. The number of amides is 2. The summed E-state index contributed by atoms with van der Waals surface area (Å²) < 4.78 is 13.0. The van der Waals surface area contributed by atoms with Gasteiger partial charge in [-0.25, -0.2) is 9.18 Å². The minimum atomic E-state index is -0.495. The Labute approximate surface area is 216 Å². The Morgan fingerprint density at radius 1 is 1.08 bits per heavy atom. The van der Waals surface area contributed by atoms with Crippen LogP contribution in [0.2, 0.25) is 0 Å². The summed E-state index contributed by atoms with van der Waals surface area (Å²) in [5.41, 5.74) is 11.7. The van der Waals surface area contributed by atoms with Gasteiger partial charge in [0.2, 0.25) is 0 Å². The predicted molar refractivity (Wildman–Crippen MR) is 151 cm³/mol. The van der Waals surface area contributed by atoms with Crippen molar-refractivity contribution in [1.29, 1.82) is 0 Å². The molecule has 5 N–H and O–H groups in total. The highest BCUT2D eigenvalue weighted by Crippen LogP contribution is 2.13. The third-order valence-electron chi connectivity index (χ3n) is 4.88. The molecule has 0 spiro atoms. The maximum absolute atomic E-state index is 13.0. The summed E-state index contributed by atoms with van der Waals surface area (Å²) >= 11 is 0. The van der Waals surface area contributed by atoms with E-state index >= 15 is 0 Å². The zero-order chi connectivity index (χ0) is 27.5. The van der Waals surface area contributed by atoms with Crippen molar-refractivity contribution in [1.82, 2.24) is 20.9 Å². The molecule has 0 aromatic heterocycles. The lowest BCUT2D eigenvalue weighted by molar-refractivity contribution is 0.251. The van der Waals surface area contributed by atoms with Crippen molar-refractivity contribution in [3.63, 3.8) is 0 Å². The summed E-state index contributed by atoms with van der Waals surface area (Å²) in [5, 5.41) is 8.21. The van der Waals surface area contributed by atoms with Crippen molar-refractivity contribution < 1.29 is 9.18 Å². The van der Waals surface area contributed by atoms with E-state index in [1.165, 1.54) is 41.4 Å². The fraction of sp³-hybridized carbons (Fsp3) is 0.276. The van der Waals surface area contributed by atoms with Crippen LogP contribution in [0.25, 0.3) is 6.08 Å². The number of allylic oxidation sites excluding steroid dienone is 2. The molecule has 0 saturated carbocycles. The molecule has 2 aromatic carbocycles. The van der Waals surface area contributed by atoms with E-state index in [-0.39, 0.29) is 5.82 Å². The summed E-state index contributed by atoms with van der Waals surface area (Å²) in [5.74, 6) is -0.206. The lowest BCUT2D eigenvalue weighted by atomic mass is 10.1. The van der Waals surface area contributed by atoms with Crippen LogP contribution in [0.1, 0.15) is 36.1 Å². The van der Waals surface area contributed by atoms with Gasteiger partial charge in [0.05, 0.1) is 0 Å². The Kier molecular flexibility index (Phi) is 16.3. The molecule has 0 unspecified atom stereocenters. The molecule has 6 nitrogen and oxygen atoms in total. The lowest BCUT2D eigenvalue weighted by Gasteiger charge is -2.14. The summed E-state index contributed by atoms with van der Waals surface area (Å²) in [6.45, 7) is 12.5. The molecule has 0 bridgehead atoms. The molecule has 0 aliphatic carbocycles. The van der Waals surface area contributed by atoms with Crippen LogP contribution in [0.3, 0.4) is 0 Å². The van der Waals surface area contributed by atoms with Crippen molar-refractivity contribution in [2.45, 2.75) is 34.2 Å². The zero-order valence-corrected chi connectivity index (χ0v) is 22.7. The Bertz CT molecular complexity index is 1020. The van der Waals surface area contributed by atoms with Crippen molar-refractivity contribution in [2.24, 2.45) is 5.73 Å². The summed E-state index contributed by atoms with van der Waals surface area (Å²) in [6, 6.07) is 12.6. The number of halogens is 1. The normalized spacial score (nSPS) is 9.89. The number of rotatable bonds is 8. The molecule has 0 atom stereocenters. The molecule has 2 rings (SSSR count). The molecule has 2 aromatic rings. The second-order valence-electron chi connectivity index (χ2n) is 8.20. The number of hydrogen-bond donors (Lipinski definition) is 4. The van der Waals surface area contributed by atoms with Crippen LogP contribution in [0.15, 0.2) is 85.0 Å². The topological polar surface area (TPSA) is 82.4 Å². The number of hydrogen-bond acceptors (Lipinski definition) is 4. The predicted octanol–water partition coefficient (Wildman–Crippen LogP) is 5.58. The molecule has 7 heteroatoms. The number of nitrogens with one attached hydrogen (secondary N) is 3. The maximum atomic E-state index is 13.0. The van der Waals surface area contributed by atoms with Gasteiger partial charge in [0.1, 0.15) is 5.82 Å². The van der Waals surface area contributed by atoms with Gasteiger partial charge in [0, 0.05) is 45.8 Å². The Morgan fingerprint density at radius 2 is 1.67 bits per heavy atom. The monoisotopic (exact) mass is 495 g/mol. The summed E-state index contributed by atoms with van der Waals surface area (Å²) in [4.78, 5) is 11.5. The number of urea groups is 1. The van der Waals surface area contributed by atoms with Crippen molar-refractivity contribution >= 4 is 12.1 Å². The van der Waals surface area contributed by atoms with Gasteiger partial charge < -0.3 is 26.6 Å². The quantitative estimate of drug-likeness (QED) is 0.361. The molecular weight excluding hydrogens is 453 g/mol. The molecular formula is C29H42FN5O. The van der Waals surface area contributed by atoms with E-state index in [0.717, 1.165) is 17.8 Å². The number of benzene rings is 2. The second kappa shape index (κ2) is 18.3. The van der Waals surface area contributed by atoms with Gasteiger partial charge in [-0.15, -0.1) is 0 Å². The van der Waals surface area contributed by atoms with Crippen LogP contribution in [-0.4, -0.2) is 32.1 Å². The van der Waals surface area contributed by atoms with Crippen LogP contribution in [0.4, 0.5) is 9.18 Å². The van der Waals surface area contributed by atoms with E-state index in [1.54, 1.807) is 18.3 Å². The Hall–Kier alpha value is -4.00. The van der Waals surface area contributed by atoms with Gasteiger partial charge in [-0.3, -0.25) is 0 Å². The van der Waals surface area contributed by atoms with E-state index in [0.29, 0.717) is 0 Å². The van der Waals surface area contributed by atoms with E-state index in [1.807, 2.05) is 26.5 Å². The SMILES string of the molecule is C=CNC.CC(C)=C(/C=C/c1ccc(C)c(C)c1)N/C=C/N(C)Cc1ccc(F)cc1.CNC(N)=O. The molecule has 0 aliphatic rings. The molecule has 196 valence electrons. The van der Waals surface area contributed by atoms with E-state index < -0.39 is 6.03 Å². The second-order valence-corrected chi connectivity index (χ2v) is 8.20. The largest absolute Gasteiger partial charge is 0.394 e. The maximum Gasteiger partial charge on any atom is 0.311 e. The minimum absolute atomic E-state index is 0.206. The van der Waals surface area contributed by atoms with Gasteiger partial charge in [-0.05, 0) is 74.4 Å². The number of carbonyl (C=O) groups excluding carboxylic acids is 1. The number of carbonyl (C=O) groups is 1. The third-order valence-corrected chi connectivity index (χ3v) is 4.88. The third kappa shape index (κ3) is 15.0. The van der Waals surface area contributed by atoms with Gasteiger partial charge in [-0.2, -0.15) is 0 Å². The molecule has 0 aliphatic heterocycles. The molecule has 36 heavy (non-hydrogen) atoms. The summed E-state index contributed by atoms with van der Waals surface area (Å²) in [6.07, 6.45) is 9.76. The van der Waals surface area contributed by atoms with Gasteiger partial charge in [0.15, 0.2) is 0 Å². The minimum Gasteiger partial charge on any atom is -0.394 e. The highest BCUT2D eigenvalue weighted by atomic mass is 19.1. The number of nitrogens with two attached hydrogens (primary N) is 1. The summed E-state index contributed by atoms with van der Waals surface area (Å²) in [7, 11) is 5.28. The molecule has 0 fully saturated rings. The fourth-order valence-corrected chi connectivity index (χ4v) is 2.59. The number of nitrogens with zero attached hydrogens (tertiary/aromatic N) is 1. The molecule has 0 heterocycles. The number of primary amides is 1. The first-order chi connectivity index (χ1) is 17.0. The first-order valence-electron chi connectivity index (χ1n) is 11.6. The average molecular weight is 496 g/mol. The van der Waals surface area contributed by atoms with Crippen LogP contribution in [-0.2, 0) is 6.54 Å². The lowest BCUT2D eigenvalue weighted by Crippen LogP contribution is -2.24. The van der Waals surface area contributed by atoms with Crippen molar-refractivity contribution in [2.75, 3.05) is 21.1 Å². The van der Waals surface area contributed by atoms with Crippen LogP contribution < -0.4 is 21.7 Å². The highest BCUT2D eigenvalue weighted by Gasteiger charge is 1.98. The first kappa shape index (κ1) is 32.0. The van der Waals surface area contributed by atoms with Crippen LogP contribution in [0.5, 0.6) is 0 Å². The van der Waals surface area contributed by atoms with Crippen molar-refractivity contribution in [3.8, 4) is 0 Å². The fourth-order valence-electron chi connectivity index (χ4n) is 2.59.